The molecule has 0 heterocycles. The van der Waals surface area contributed by atoms with Crippen molar-refractivity contribution in [2.24, 2.45) is 0 Å². The van der Waals surface area contributed by atoms with Gasteiger partial charge in [0.2, 0.25) is 0 Å². The summed E-state index contributed by atoms with van der Waals surface area (Å²) in [6.07, 6.45) is 6.36. The van der Waals surface area contributed by atoms with Gasteiger partial charge in [0.15, 0.2) is 11.5 Å². The van der Waals surface area contributed by atoms with E-state index in [9.17, 15) is 9.59 Å². The van der Waals surface area contributed by atoms with Crippen molar-refractivity contribution in [1.29, 1.82) is 0 Å². The van der Waals surface area contributed by atoms with Gasteiger partial charge in [-0.3, -0.25) is 20.4 Å². The van der Waals surface area contributed by atoms with E-state index in [1.54, 1.807) is 30.4 Å². The number of benzene rings is 1. The molecule has 1 aromatic rings. The number of ether oxygens (including phenoxy) is 2. The summed E-state index contributed by atoms with van der Waals surface area (Å²) in [6.45, 7) is 1.83. The first-order valence-corrected chi connectivity index (χ1v) is 6.24. The number of rotatable bonds is 5. The summed E-state index contributed by atoms with van der Waals surface area (Å²) in [7, 11) is 2.99. The fraction of sp³-hybridized carbons (Fsp3) is 0.200. The SMILES string of the molecule is C/C=C/C=C/C(=O)NNC(=O)c1ccc(OC)c(OC)c1. The lowest BCUT2D eigenvalue weighted by Crippen LogP contribution is -2.40. The zero-order valence-electron chi connectivity index (χ0n) is 12.2. The monoisotopic (exact) mass is 290 g/mol. The maximum Gasteiger partial charge on any atom is 0.269 e. The molecule has 0 aliphatic heterocycles. The molecule has 0 bridgehead atoms. The minimum Gasteiger partial charge on any atom is -0.493 e. The van der Waals surface area contributed by atoms with E-state index in [4.69, 9.17) is 9.47 Å². The van der Waals surface area contributed by atoms with Crippen molar-refractivity contribution < 1.29 is 19.1 Å². The lowest BCUT2D eigenvalue weighted by atomic mass is 10.2. The molecule has 21 heavy (non-hydrogen) atoms. The van der Waals surface area contributed by atoms with Gasteiger partial charge in [0, 0.05) is 11.6 Å². The van der Waals surface area contributed by atoms with Gasteiger partial charge in [-0.25, -0.2) is 0 Å². The summed E-state index contributed by atoms with van der Waals surface area (Å²) in [5, 5.41) is 0. The van der Waals surface area contributed by atoms with Gasteiger partial charge in [-0.05, 0) is 25.1 Å². The van der Waals surface area contributed by atoms with E-state index in [-0.39, 0.29) is 0 Å². The van der Waals surface area contributed by atoms with Gasteiger partial charge >= 0.3 is 0 Å². The van der Waals surface area contributed by atoms with Crippen LogP contribution in [0.15, 0.2) is 42.5 Å². The Bertz CT molecular complexity index is 565. The van der Waals surface area contributed by atoms with Crippen LogP contribution in [0.25, 0.3) is 0 Å². The van der Waals surface area contributed by atoms with Crippen molar-refractivity contribution in [3.05, 3.63) is 48.1 Å². The molecule has 0 unspecified atom stereocenters. The quantitative estimate of drug-likeness (QED) is 0.490. The highest BCUT2D eigenvalue weighted by Gasteiger charge is 2.10. The molecule has 0 spiro atoms. The molecule has 0 atom stereocenters. The van der Waals surface area contributed by atoms with Crippen LogP contribution in [0.1, 0.15) is 17.3 Å². The molecule has 6 heteroatoms. The number of nitrogens with one attached hydrogen (secondary N) is 2. The molecule has 112 valence electrons. The van der Waals surface area contributed by atoms with Gasteiger partial charge < -0.3 is 9.47 Å². The molecule has 0 saturated heterocycles. The molecule has 0 aliphatic carbocycles. The highest BCUT2D eigenvalue weighted by molar-refractivity contribution is 5.97. The van der Waals surface area contributed by atoms with E-state index in [0.717, 1.165) is 0 Å². The number of carbonyl (C=O) groups is 2. The van der Waals surface area contributed by atoms with Crippen LogP contribution in [0.4, 0.5) is 0 Å². The standard InChI is InChI=1S/C15H18N2O4/c1-4-5-6-7-14(18)16-17-15(19)11-8-9-12(20-2)13(10-11)21-3/h4-10H,1-3H3,(H,16,18)(H,17,19)/b5-4+,7-6+. The van der Waals surface area contributed by atoms with Crippen LogP contribution in [-0.2, 0) is 4.79 Å². The largest absolute Gasteiger partial charge is 0.493 e. The van der Waals surface area contributed by atoms with Crippen molar-refractivity contribution in [2.75, 3.05) is 14.2 Å². The lowest BCUT2D eigenvalue weighted by molar-refractivity contribution is -0.117. The molecular formula is C15H18N2O4. The van der Waals surface area contributed by atoms with Crippen molar-refractivity contribution in [3.63, 3.8) is 0 Å². The Morgan fingerprint density at radius 3 is 2.38 bits per heavy atom. The minimum atomic E-state index is -0.455. The second kappa shape index (κ2) is 8.42. The van der Waals surface area contributed by atoms with E-state index in [1.165, 1.54) is 26.4 Å². The van der Waals surface area contributed by atoms with Crippen LogP contribution in [0, 0.1) is 0 Å². The molecule has 2 N–H and O–H groups in total. The van der Waals surface area contributed by atoms with Gasteiger partial charge in [-0.2, -0.15) is 0 Å². The third kappa shape index (κ3) is 5.02. The van der Waals surface area contributed by atoms with Gasteiger partial charge in [0.05, 0.1) is 14.2 Å². The summed E-state index contributed by atoms with van der Waals surface area (Å²) >= 11 is 0. The third-order valence-corrected chi connectivity index (χ3v) is 2.50. The highest BCUT2D eigenvalue weighted by atomic mass is 16.5. The smallest absolute Gasteiger partial charge is 0.269 e. The molecule has 0 saturated carbocycles. The Kier molecular flexibility index (Phi) is 6.53. The minimum absolute atomic E-state index is 0.338. The first-order valence-electron chi connectivity index (χ1n) is 6.24. The Morgan fingerprint density at radius 1 is 1.05 bits per heavy atom. The van der Waals surface area contributed by atoms with E-state index in [1.807, 2.05) is 6.92 Å². The van der Waals surface area contributed by atoms with Gasteiger partial charge in [-0.15, -0.1) is 0 Å². The number of hydrogen-bond acceptors (Lipinski definition) is 4. The van der Waals surface area contributed by atoms with E-state index in [0.29, 0.717) is 17.1 Å². The van der Waals surface area contributed by atoms with Gasteiger partial charge in [0.1, 0.15) is 0 Å². The van der Waals surface area contributed by atoms with Crippen molar-refractivity contribution in [1.82, 2.24) is 10.9 Å². The number of carbonyl (C=O) groups excluding carboxylic acids is 2. The van der Waals surface area contributed by atoms with Crippen LogP contribution >= 0.6 is 0 Å². The summed E-state index contributed by atoms with van der Waals surface area (Å²) in [6, 6.07) is 4.70. The normalized spacial score (nSPS) is 10.6. The lowest BCUT2D eigenvalue weighted by Gasteiger charge is -2.10. The first-order chi connectivity index (χ1) is 10.1. The van der Waals surface area contributed by atoms with E-state index < -0.39 is 11.8 Å². The fourth-order valence-corrected chi connectivity index (χ4v) is 1.46. The molecule has 1 rings (SSSR count). The zero-order chi connectivity index (χ0) is 15.7. The Hall–Kier alpha value is -2.76. The predicted octanol–water partition coefficient (Wildman–Crippen LogP) is 1.60. The Morgan fingerprint density at radius 2 is 1.76 bits per heavy atom. The second-order valence-electron chi connectivity index (χ2n) is 3.90. The topological polar surface area (TPSA) is 76.7 Å². The highest BCUT2D eigenvalue weighted by Crippen LogP contribution is 2.27. The predicted molar refractivity (Wildman–Crippen MR) is 79.1 cm³/mol. The molecule has 0 fully saturated rings. The van der Waals surface area contributed by atoms with Crippen LogP contribution in [0.5, 0.6) is 11.5 Å². The van der Waals surface area contributed by atoms with Crippen LogP contribution in [0.2, 0.25) is 0 Å². The molecular weight excluding hydrogens is 272 g/mol. The third-order valence-electron chi connectivity index (χ3n) is 2.50. The van der Waals surface area contributed by atoms with Crippen molar-refractivity contribution in [3.8, 4) is 11.5 Å². The van der Waals surface area contributed by atoms with E-state index in [2.05, 4.69) is 10.9 Å². The number of hydrogen-bond donors (Lipinski definition) is 2. The molecule has 1 aromatic carbocycles. The summed E-state index contributed by atoms with van der Waals surface area (Å²) in [5.74, 6) is 0.0718. The molecule has 0 aliphatic rings. The van der Waals surface area contributed by atoms with Crippen molar-refractivity contribution >= 4 is 11.8 Å². The summed E-state index contributed by atoms with van der Waals surface area (Å²) in [5.41, 5.74) is 4.92. The zero-order valence-corrected chi connectivity index (χ0v) is 12.2. The van der Waals surface area contributed by atoms with Crippen molar-refractivity contribution in [2.45, 2.75) is 6.92 Å². The first kappa shape index (κ1) is 16.3. The number of hydrazine groups is 1. The number of amides is 2. The Balaban J connectivity index is 2.66. The maximum atomic E-state index is 11.9. The average Bonchev–Trinajstić information content (AvgIpc) is 2.52. The van der Waals surface area contributed by atoms with Crippen LogP contribution in [0.3, 0.4) is 0 Å². The van der Waals surface area contributed by atoms with Gasteiger partial charge in [-0.1, -0.05) is 18.2 Å². The second-order valence-corrected chi connectivity index (χ2v) is 3.90. The summed E-state index contributed by atoms with van der Waals surface area (Å²) in [4.78, 5) is 23.3. The van der Waals surface area contributed by atoms with Gasteiger partial charge in [0.25, 0.3) is 11.8 Å². The average molecular weight is 290 g/mol. The molecule has 0 aromatic heterocycles. The fourth-order valence-electron chi connectivity index (χ4n) is 1.46. The Labute approximate surface area is 123 Å². The summed E-state index contributed by atoms with van der Waals surface area (Å²) < 4.78 is 10.2. The van der Waals surface area contributed by atoms with Crippen LogP contribution < -0.4 is 20.3 Å². The molecule has 6 nitrogen and oxygen atoms in total. The number of methoxy groups -OCH3 is 2. The van der Waals surface area contributed by atoms with E-state index >= 15 is 0 Å². The maximum absolute atomic E-state index is 11.9. The molecule has 2 amide bonds. The van der Waals surface area contributed by atoms with Crippen LogP contribution in [-0.4, -0.2) is 26.0 Å². The number of allylic oxidation sites excluding steroid dienone is 3. The molecule has 0 radical (unpaired) electrons.